The fraction of sp³-hybridized carbons (Fsp3) is 0.636. The first kappa shape index (κ1) is 11.1. The molecule has 1 saturated heterocycles. The molecule has 16 heavy (non-hydrogen) atoms. The van der Waals surface area contributed by atoms with Crippen LogP contribution in [0, 0.1) is 0 Å². The maximum absolute atomic E-state index is 5.64. The van der Waals surface area contributed by atoms with Gasteiger partial charge < -0.3 is 15.8 Å². The van der Waals surface area contributed by atoms with Crippen LogP contribution in [0.1, 0.15) is 25.7 Å². The van der Waals surface area contributed by atoms with Crippen molar-refractivity contribution < 1.29 is 4.74 Å². The van der Waals surface area contributed by atoms with Gasteiger partial charge in [0.05, 0.1) is 6.10 Å². The highest BCUT2D eigenvalue weighted by Crippen LogP contribution is 2.15. The van der Waals surface area contributed by atoms with Crippen LogP contribution in [-0.2, 0) is 4.74 Å². The molecule has 0 radical (unpaired) electrons. The lowest BCUT2D eigenvalue weighted by Gasteiger charge is -2.22. The Morgan fingerprint density at radius 3 is 3.00 bits per heavy atom. The molecule has 0 saturated carbocycles. The van der Waals surface area contributed by atoms with Gasteiger partial charge in [0.2, 0.25) is 0 Å². The lowest BCUT2D eigenvalue weighted by atomic mass is 10.1. The van der Waals surface area contributed by atoms with Gasteiger partial charge in [-0.15, -0.1) is 10.2 Å². The van der Waals surface area contributed by atoms with E-state index in [-0.39, 0.29) is 0 Å². The van der Waals surface area contributed by atoms with Gasteiger partial charge >= 0.3 is 0 Å². The maximum Gasteiger partial charge on any atom is 0.148 e. The van der Waals surface area contributed by atoms with E-state index in [0.717, 1.165) is 25.4 Å². The summed E-state index contributed by atoms with van der Waals surface area (Å²) in [5, 5.41) is 10.9. The highest BCUT2D eigenvalue weighted by atomic mass is 16.5. The molecule has 1 aliphatic rings. The Kier molecular flexibility index (Phi) is 3.93. The molecule has 1 unspecified atom stereocenters. The van der Waals surface area contributed by atoms with E-state index in [1.54, 1.807) is 6.07 Å². The molecule has 1 aliphatic heterocycles. The van der Waals surface area contributed by atoms with Crippen LogP contribution in [-0.4, -0.2) is 29.5 Å². The van der Waals surface area contributed by atoms with Crippen LogP contribution in [0.2, 0.25) is 0 Å². The Hall–Kier alpha value is -1.36. The first-order valence-corrected chi connectivity index (χ1v) is 5.79. The molecular formula is C11H18N4O. The summed E-state index contributed by atoms with van der Waals surface area (Å²) in [6.07, 6.45) is 5.09. The minimum atomic E-state index is 0.406. The molecule has 0 aromatic carbocycles. The molecule has 0 bridgehead atoms. The molecule has 1 aromatic rings. The number of hydrogen-bond donors (Lipinski definition) is 2. The summed E-state index contributed by atoms with van der Waals surface area (Å²) < 4.78 is 5.64. The molecule has 2 heterocycles. The van der Waals surface area contributed by atoms with Crippen molar-refractivity contribution in [2.75, 3.05) is 24.2 Å². The molecule has 5 nitrogen and oxygen atoms in total. The van der Waals surface area contributed by atoms with Crippen molar-refractivity contribution >= 4 is 11.6 Å². The van der Waals surface area contributed by atoms with Gasteiger partial charge in [-0.1, -0.05) is 0 Å². The van der Waals surface area contributed by atoms with Crippen LogP contribution >= 0.6 is 0 Å². The SMILES string of the molecule is Nc1ccc(NCCC2CCCCO2)nn1. The van der Waals surface area contributed by atoms with E-state index >= 15 is 0 Å². The zero-order valence-corrected chi connectivity index (χ0v) is 9.35. The summed E-state index contributed by atoms with van der Waals surface area (Å²) in [6.45, 7) is 1.77. The monoisotopic (exact) mass is 222 g/mol. The topological polar surface area (TPSA) is 73.1 Å². The summed E-state index contributed by atoms with van der Waals surface area (Å²) in [7, 11) is 0. The molecule has 1 atom stereocenters. The molecule has 1 aromatic heterocycles. The molecule has 0 spiro atoms. The van der Waals surface area contributed by atoms with Crippen molar-refractivity contribution in [1.29, 1.82) is 0 Å². The fourth-order valence-corrected chi connectivity index (χ4v) is 1.83. The maximum atomic E-state index is 5.64. The van der Waals surface area contributed by atoms with E-state index in [4.69, 9.17) is 10.5 Å². The molecule has 5 heteroatoms. The minimum Gasteiger partial charge on any atom is -0.382 e. The number of nitrogens with two attached hydrogens (primary N) is 1. The van der Waals surface area contributed by atoms with Gasteiger partial charge in [-0.2, -0.15) is 0 Å². The smallest absolute Gasteiger partial charge is 0.148 e. The highest BCUT2D eigenvalue weighted by molar-refractivity contribution is 5.38. The third-order valence-electron chi connectivity index (χ3n) is 2.73. The summed E-state index contributed by atoms with van der Waals surface area (Å²) in [5.41, 5.74) is 5.45. The predicted molar refractivity (Wildman–Crippen MR) is 63.1 cm³/mol. The van der Waals surface area contributed by atoms with Crippen LogP contribution in [0.15, 0.2) is 12.1 Å². The van der Waals surface area contributed by atoms with Crippen molar-refractivity contribution in [2.45, 2.75) is 31.8 Å². The number of aromatic nitrogens is 2. The minimum absolute atomic E-state index is 0.406. The Bertz CT molecular complexity index is 308. The number of nitrogens with one attached hydrogen (secondary N) is 1. The van der Waals surface area contributed by atoms with Crippen LogP contribution in [0.25, 0.3) is 0 Å². The molecule has 3 N–H and O–H groups in total. The Balaban J connectivity index is 1.69. The van der Waals surface area contributed by atoms with Gasteiger partial charge in [0.15, 0.2) is 0 Å². The van der Waals surface area contributed by atoms with Gasteiger partial charge in [0.1, 0.15) is 11.6 Å². The van der Waals surface area contributed by atoms with E-state index < -0.39 is 0 Å². The average molecular weight is 222 g/mol. The van der Waals surface area contributed by atoms with Crippen molar-refractivity contribution in [2.24, 2.45) is 0 Å². The van der Waals surface area contributed by atoms with Crippen LogP contribution in [0.5, 0.6) is 0 Å². The van der Waals surface area contributed by atoms with Gasteiger partial charge in [-0.05, 0) is 37.8 Å². The zero-order chi connectivity index (χ0) is 11.2. The number of hydrogen-bond acceptors (Lipinski definition) is 5. The number of nitrogens with zero attached hydrogens (tertiary/aromatic N) is 2. The average Bonchev–Trinajstić information content (AvgIpc) is 2.33. The number of rotatable bonds is 4. The largest absolute Gasteiger partial charge is 0.382 e. The second-order valence-electron chi connectivity index (χ2n) is 4.05. The Labute approximate surface area is 95.4 Å². The summed E-state index contributed by atoms with van der Waals surface area (Å²) in [6, 6.07) is 3.58. The standard InChI is InChI=1S/C11H18N4O/c12-10-4-5-11(15-14-10)13-7-6-9-3-1-2-8-16-9/h4-5,9H,1-3,6-8H2,(H2,12,14)(H,13,15). The number of ether oxygens (including phenoxy) is 1. The van der Waals surface area contributed by atoms with Crippen molar-refractivity contribution in [3.63, 3.8) is 0 Å². The first-order valence-electron chi connectivity index (χ1n) is 5.79. The normalized spacial score (nSPS) is 20.6. The van der Waals surface area contributed by atoms with Gasteiger partial charge in [0, 0.05) is 13.2 Å². The van der Waals surface area contributed by atoms with Crippen molar-refractivity contribution in [3.8, 4) is 0 Å². The number of anilines is 2. The molecular weight excluding hydrogens is 204 g/mol. The van der Waals surface area contributed by atoms with Crippen LogP contribution in [0.3, 0.4) is 0 Å². The van der Waals surface area contributed by atoms with Crippen molar-refractivity contribution in [1.82, 2.24) is 10.2 Å². The summed E-state index contributed by atoms with van der Waals surface area (Å²) in [4.78, 5) is 0. The van der Waals surface area contributed by atoms with E-state index in [2.05, 4.69) is 15.5 Å². The fourth-order valence-electron chi connectivity index (χ4n) is 1.83. The van der Waals surface area contributed by atoms with Gasteiger partial charge in [0.25, 0.3) is 0 Å². The van der Waals surface area contributed by atoms with E-state index in [1.165, 1.54) is 19.3 Å². The zero-order valence-electron chi connectivity index (χ0n) is 9.35. The molecule has 1 fully saturated rings. The quantitative estimate of drug-likeness (QED) is 0.806. The van der Waals surface area contributed by atoms with Crippen LogP contribution < -0.4 is 11.1 Å². The Morgan fingerprint density at radius 2 is 2.31 bits per heavy atom. The summed E-state index contributed by atoms with van der Waals surface area (Å²) >= 11 is 0. The first-order chi connectivity index (χ1) is 7.84. The Morgan fingerprint density at radius 1 is 1.38 bits per heavy atom. The molecule has 0 aliphatic carbocycles. The van der Waals surface area contributed by atoms with E-state index in [9.17, 15) is 0 Å². The van der Waals surface area contributed by atoms with Crippen LogP contribution in [0.4, 0.5) is 11.6 Å². The second kappa shape index (κ2) is 5.65. The van der Waals surface area contributed by atoms with E-state index in [0.29, 0.717) is 11.9 Å². The third kappa shape index (κ3) is 3.34. The third-order valence-corrected chi connectivity index (χ3v) is 2.73. The molecule has 88 valence electrons. The summed E-state index contributed by atoms with van der Waals surface area (Å²) in [5.74, 6) is 1.21. The lowest BCUT2D eigenvalue weighted by Crippen LogP contribution is -2.22. The number of nitrogen functional groups attached to an aromatic ring is 1. The lowest BCUT2D eigenvalue weighted by molar-refractivity contribution is 0.0134. The molecule has 0 amide bonds. The highest BCUT2D eigenvalue weighted by Gasteiger charge is 2.12. The molecule has 2 rings (SSSR count). The predicted octanol–water partition coefficient (Wildman–Crippen LogP) is 1.43. The van der Waals surface area contributed by atoms with E-state index in [1.807, 2.05) is 6.07 Å². The van der Waals surface area contributed by atoms with Gasteiger partial charge in [-0.25, -0.2) is 0 Å². The van der Waals surface area contributed by atoms with Gasteiger partial charge in [-0.3, -0.25) is 0 Å². The van der Waals surface area contributed by atoms with Crippen molar-refractivity contribution in [3.05, 3.63) is 12.1 Å². The second-order valence-corrected chi connectivity index (χ2v) is 4.05.